The van der Waals surface area contributed by atoms with Gasteiger partial charge in [0.15, 0.2) is 0 Å². The van der Waals surface area contributed by atoms with Crippen molar-refractivity contribution in [3.8, 4) is 0 Å². The van der Waals surface area contributed by atoms with Crippen molar-refractivity contribution in [2.75, 3.05) is 19.0 Å². The van der Waals surface area contributed by atoms with Crippen LogP contribution in [-0.4, -0.2) is 83.2 Å². The van der Waals surface area contributed by atoms with Gasteiger partial charge in [0.1, 0.15) is 24.2 Å². The molecule has 1 saturated heterocycles. The smallest absolute Gasteiger partial charge is 0.306 e. The maximum Gasteiger partial charge on any atom is 0.306 e. The van der Waals surface area contributed by atoms with E-state index in [9.17, 15) is 38.9 Å². The summed E-state index contributed by atoms with van der Waals surface area (Å²) in [6.45, 7) is 6.66. The SMILES string of the molecule is COC(=O)CCC(=O)NC(C)C(=O)NC(C)C(=O)N1CCCC1C(=O)NC(C(=O)Nc1ccc([N+](=O)[O-])cc1)C(C)C. The van der Waals surface area contributed by atoms with Crippen LogP contribution < -0.4 is 21.3 Å². The van der Waals surface area contributed by atoms with E-state index in [2.05, 4.69) is 26.0 Å². The summed E-state index contributed by atoms with van der Waals surface area (Å²) in [4.78, 5) is 86.8. The number of benzene rings is 1. The first-order chi connectivity index (χ1) is 19.7. The number of anilines is 1. The molecule has 1 fully saturated rings. The highest BCUT2D eigenvalue weighted by Crippen LogP contribution is 2.20. The van der Waals surface area contributed by atoms with Gasteiger partial charge in [-0.1, -0.05) is 13.8 Å². The zero-order valence-corrected chi connectivity index (χ0v) is 24.3. The first-order valence-electron chi connectivity index (χ1n) is 13.6. The molecule has 0 aliphatic carbocycles. The van der Waals surface area contributed by atoms with E-state index in [1.807, 2.05) is 0 Å². The molecule has 42 heavy (non-hydrogen) atoms. The Kier molecular flexibility index (Phi) is 12.4. The Labute approximate surface area is 243 Å². The van der Waals surface area contributed by atoms with E-state index in [1.165, 1.54) is 50.1 Å². The van der Waals surface area contributed by atoms with Gasteiger partial charge in [-0.25, -0.2) is 0 Å². The summed E-state index contributed by atoms with van der Waals surface area (Å²) in [7, 11) is 1.20. The van der Waals surface area contributed by atoms with Crippen molar-refractivity contribution in [2.24, 2.45) is 5.92 Å². The van der Waals surface area contributed by atoms with Crippen LogP contribution in [0.25, 0.3) is 0 Å². The maximum absolute atomic E-state index is 13.2. The minimum atomic E-state index is -1.01. The van der Waals surface area contributed by atoms with Gasteiger partial charge in [0.2, 0.25) is 29.5 Å². The minimum Gasteiger partial charge on any atom is -0.469 e. The van der Waals surface area contributed by atoms with Crippen molar-refractivity contribution < 1.29 is 38.4 Å². The second-order valence-corrected chi connectivity index (χ2v) is 10.3. The van der Waals surface area contributed by atoms with Gasteiger partial charge in [-0.05, 0) is 44.7 Å². The number of likely N-dealkylation sites (tertiary alicyclic amines) is 1. The number of rotatable bonds is 13. The van der Waals surface area contributed by atoms with E-state index in [0.29, 0.717) is 18.5 Å². The normalized spacial score (nSPS) is 16.5. The lowest BCUT2D eigenvalue weighted by molar-refractivity contribution is -0.384. The number of carbonyl (C=O) groups is 6. The van der Waals surface area contributed by atoms with Crippen LogP contribution in [0.15, 0.2) is 24.3 Å². The van der Waals surface area contributed by atoms with Crippen LogP contribution in [0.2, 0.25) is 0 Å². The number of non-ortho nitro benzene ring substituents is 1. The molecule has 0 bridgehead atoms. The number of nitrogens with zero attached hydrogens (tertiary/aromatic N) is 2. The van der Waals surface area contributed by atoms with Crippen molar-refractivity contribution in [3.63, 3.8) is 0 Å². The van der Waals surface area contributed by atoms with Gasteiger partial charge >= 0.3 is 5.97 Å². The number of nitro benzene ring substituents is 1. The third-order valence-corrected chi connectivity index (χ3v) is 6.71. The number of nitro groups is 1. The van der Waals surface area contributed by atoms with Crippen LogP contribution >= 0.6 is 0 Å². The molecule has 230 valence electrons. The van der Waals surface area contributed by atoms with Gasteiger partial charge in [0.25, 0.3) is 5.69 Å². The molecule has 0 saturated carbocycles. The Morgan fingerprint density at radius 1 is 0.952 bits per heavy atom. The van der Waals surface area contributed by atoms with Crippen molar-refractivity contribution in [1.29, 1.82) is 0 Å². The van der Waals surface area contributed by atoms with Gasteiger partial charge in [-0.3, -0.25) is 38.9 Å². The van der Waals surface area contributed by atoms with Gasteiger partial charge in [-0.15, -0.1) is 0 Å². The second kappa shape index (κ2) is 15.4. The molecule has 4 unspecified atom stereocenters. The highest BCUT2D eigenvalue weighted by Gasteiger charge is 2.38. The third-order valence-electron chi connectivity index (χ3n) is 6.71. The van der Waals surface area contributed by atoms with Gasteiger partial charge in [-0.2, -0.15) is 0 Å². The monoisotopic (exact) mass is 590 g/mol. The summed E-state index contributed by atoms with van der Waals surface area (Å²) < 4.78 is 4.48. The van der Waals surface area contributed by atoms with E-state index in [-0.39, 0.29) is 31.0 Å². The van der Waals surface area contributed by atoms with Crippen LogP contribution in [-0.2, 0) is 33.5 Å². The van der Waals surface area contributed by atoms with E-state index < -0.39 is 64.6 Å². The molecule has 1 aromatic rings. The van der Waals surface area contributed by atoms with E-state index in [1.54, 1.807) is 13.8 Å². The summed E-state index contributed by atoms with van der Waals surface area (Å²) >= 11 is 0. The topological polar surface area (TPSA) is 206 Å². The maximum atomic E-state index is 13.2. The molecular formula is C27H38N6O9. The number of ether oxygens (including phenoxy) is 1. The van der Waals surface area contributed by atoms with Crippen LogP contribution in [0.4, 0.5) is 11.4 Å². The van der Waals surface area contributed by atoms with Crippen molar-refractivity contribution in [2.45, 2.75) is 77.5 Å². The van der Waals surface area contributed by atoms with Gasteiger partial charge < -0.3 is 30.9 Å². The largest absolute Gasteiger partial charge is 0.469 e. The van der Waals surface area contributed by atoms with Crippen molar-refractivity contribution in [1.82, 2.24) is 20.9 Å². The number of carbonyl (C=O) groups excluding carboxylic acids is 6. The summed E-state index contributed by atoms with van der Waals surface area (Å²) in [5.41, 5.74) is 0.189. The Morgan fingerprint density at radius 3 is 2.17 bits per heavy atom. The Hall–Kier alpha value is -4.56. The summed E-state index contributed by atoms with van der Waals surface area (Å²) in [6.07, 6.45) is 0.602. The van der Waals surface area contributed by atoms with Crippen LogP contribution in [0.5, 0.6) is 0 Å². The van der Waals surface area contributed by atoms with E-state index in [4.69, 9.17) is 0 Å². The molecule has 5 amide bonds. The number of hydrogen-bond acceptors (Lipinski definition) is 9. The van der Waals surface area contributed by atoms with Crippen molar-refractivity contribution >= 4 is 46.9 Å². The fourth-order valence-electron chi connectivity index (χ4n) is 4.32. The summed E-state index contributed by atoms with van der Waals surface area (Å²) in [5, 5.41) is 21.2. The van der Waals surface area contributed by atoms with E-state index >= 15 is 0 Å². The molecule has 15 nitrogen and oxygen atoms in total. The van der Waals surface area contributed by atoms with Crippen molar-refractivity contribution in [3.05, 3.63) is 34.4 Å². The minimum absolute atomic E-state index is 0.132. The molecule has 1 heterocycles. The standard InChI is InChI=1S/C27H38N6O9/c1-15(2)23(26(38)30-18-8-10-19(11-9-18)33(40)41)31-25(37)20-7-6-14-32(20)27(39)17(4)29-24(36)16(3)28-21(34)12-13-22(35)42-5/h8-11,15-17,20,23H,6-7,12-14H2,1-5H3,(H,28,34)(H,29,36)(H,30,38)(H,31,37). The van der Waals surface area contributed by atoms with E-state index in [0.717, 1.165) is 0 Å². The molecular weight excluding hydrogens is 552 g/mol. The predicted octanol–water partition coefficient (Wildman–Crippen LogP) is 0.628. The molecule has 1 aromatic carbocycles. The molecule has 1 aliphatic rings. The number of esters is 1. The number of amides is 5. The lowest BCUT2D eigenvalue weighted by Crippen LogP contribution is -2.57. The predicted molar refractivity (Wildman–Crippen MR) is 150 cm³/mol. The molecule has 0 spiro atoms. The molecule has 1 aliphatic heterocycles. The average Bonchev–Trinajstić information content (AvgIpc) is 3.44. The zero-order chi connectivity index (χ0) is 31.6. The van der Waals surface area contributed by atoms with Gasteiger partial charge in [0, 0.05) is 30.8 Å². The number of nitrogens with one attached hydrogen (secondary N) is 4. The fourth-order valence-corrected chi connectivity index (χ4v) is 4.32. The first kappa shape index (κ1) is 33.6. The third kappa shape index (κ3) is 9.52. The Morgan fingerprint density at radius 2 is 1.60 bits per heavy atom. The van der Waals surface area contributed by atoms with Crippen LogP contribution in [0.1, 0.15) is 53.4 Å². The number of hydrogen-bond donors (Lipinski definition) is 4. The quantitative estimate of drug-likeness (QED) is 0.144. The molecule has 2 rings (SSSR count). The molecule has 0 radical (unpaired) electrons. The highest BCUT2D eigenvalue weighted by atomic mass is 16.6. The molecule has 0 aromatic heterocycles. The molecule has 4 N–H and O–H groups in total. The lowest BCUT2D eigenvalue weighted by Gasteiger charge is -2.30. The highest BCUT2D eigenvalue weighted by molar-refractivity contribution is 5.99. The zero-order valence-electron chi connectivity index (χ0n) is 24.3. The summed E-state index contributed by atoms with van der Waals surface area (Å²) in [5.74, 6) is -3.58. The lowest BCUT2D eigenvalue weighted by atomic mass is 10.0. The van der Waals surface area contributed by atoms with Crippen LogP contribution in [0, 0.1) is 16.0 Å². The Balaban J connectivity index is 1.97. The van der Waals surface area contributed by atoms with Crippen LogP contribution in [0.3, 0.4) is 0 Å². The molecule has 4 atom stereocenters. The van der Waals surface area contributed by atoms with Gasteiger partial charge in [0.05, 0.1) is 18.5 Å². The number of methoxy groups -OCH3 is 1. The average molecular weight is 591 g/mol. The first-order valence-corrected chi connectivity index (χ1v) is 13.6. The molecule has 15 heteroatoms. The summed E-state index contributed by atoms with van der Waals surface area (Å²) in [6, 6.07) is 1.47. The fraction of sp³-hybridized carbons (Fsp3) is 0.556. The second-order valence-electron chi connectivity index (χ2n) is 10.3. The Bertz CT molecular complexity index is 1190.